The maximum atomic E-state index is 12.6. The zero-order chi connectivity index (χ0) is 19.7. The van der Waals surface area contributed by atoms with E-state index in [9.17, 15) is 9.59 Å². The van der Waals surface area contributed by atoms with Crippen LogP contribution in [0.2, 0.25) is 0 Å². The fraction of sp³-hybridized carbons (Fsp3) is 0.913. The molecule has 0 saturated carbocycles. The maximum Gasteiger partial charge on any atom is 0.222 e. The van der Waals surface area contributed by atoms with Gasteiger partial charge in [0.1, 0.15) is 0 Å². The molecule has 5 heteroatoms. The van der Waals surface area contributed by atoms with Crippen molar-refractivity contribution >= 4 is 11.8 Å². The van der Waals surface area contributed by atoms with Crippen molar-refractivity contribution in [2.75, 3.05) is 32.7 Å². The van der Waals surface area contributed by atoms with Crippen molar-refractivity contribution in [3.63, 3.8) is 0 Å². The van der Waals surface area contributed by atoms with Gasteiger partial charge in [-0.15, -0.1) is 0 Å². The Hall–Kier alpha value is -1.10. The molecule has 4 atom stereocenters. The van der Waals surface area contributed by atoms with E-state index in [2.05, 4.69) is 21.6 Å². The number of nitrogens with zero attached hydrogens (tertiary/aromatic N) is 3. The molecule has 0 aromatic carbocycles. The lowest BCUT2D eigenvalue weighted by Crippen LogP contribution is -2.65. The summed E-state index contributed by atoms with van der Waals surface area (Å²) >= 11 is 0. The van der Waals surface area contributed by atoms with Gasteiger partial charge in [0, 0.05) is 45.1 Å². The molecule has 4 saturated heterocycles. The van der Waals surface area contributed by atoms with Crippen LogP contribution in [0.3, 0.4) is 0 Å². The van der Waals surface area contributed by atoms with E-state index < -0.39 is 0 Å². The molecule has 28 heavy (non-hydrogen) atoms. The first-order chi connectivity index (χ1) is 13.5. The molecule has 4 rings (SSSR count). The first-order valence-electron chi connectivity index (χ1n) is 11.8. The van der Waals surface area contributed by atoms with E-state index >= 15 is 0 Å². The van der Waals surface area contributed by atoms with Crippen molar-refractivity contribution in [1.82, 2.24) is 14.7 Å². The Morgan fingerprint density at radius 2 is 1.68 bits per heavy atom. The average Bonchev–Trinajstić information content (AvgIpc) is 2.70. The molecule has 0 spiro atoms. The fourth-order valence-electron chi connectivity index (χ4n) is 6.61. The fourth-order valence-corrected chi connectivity index (χ4v) is 6.61. The molecular weight excluding hydrogens is 350 g/mol. The van der Waals surface area contributed by atoms with Gasteiger partial charge >= 0.3 is 0 Å². The standard InChI is InChI=1S/C23H39N3O2/c1-17-10-14-24(15-11-17)22(28)9-3-8-21-20-7-5-13-25-12-4-6-19(23(20)25)16-26(21)18(2)27/h17,19-21,23H,3-16H2,1-2H3/t19-,20+,21+,23-/m0/s1. The van der Waals surface area contributed by atoms with Crippen LogP contribution >= 0.6 is 0 Å². The van der Waals surface area contributed by atoms with E-state index in [1.54, 1.807) is 6.92 Å². The first kappa shape index (κ1) is 20.2. The zero-order valence-electron chi connectivity index (χ0n) is 17.9. The van der Waals surface area contributed by atoms with Gasteiger partial charge in [-0.1, -0.05) is 6.92 Å². The van der Waals surface area contributed by atoms with Gasteiger partial charge < -0.3 is 9.80 Å². The van der Waals surface area contributed by atoms with Crippen LogP contribution in [-0.2, 0) is 9.59 Å². The Morgan fingerprint density at radius 3 is 2.39 bits per heavy atom. The van der Waals surface area contributed by atoms with Crippen LogP contribution in [0.25, 0.3) is 0 Å². The smallest absolute Gasteiger partial charge is 0.222 e. The Balaban J connectivity index is 1.37. The van der Waals surface area contributed by atoms with Crippen LogP contribution in [0.5, 0.6) is 0 Å². The van der Waals surface area contributed by atoms with Gasteiger partial charge in [-0.2, -0.15) is 0 Å². The third-order valence-electron chi connectivity index (χ3n) is 8.10. The topological polar surface area (TPSA) is 43.9 Å². The largest absolute Gasteiger partial charge is 0.343 e. The number of carbonyl (C=O) groups is 2. The third-order valence-corrected chi connectivity index (χ3v) is 8.10. The highest BCUT2D eigenvalue weighted by Gasteiger charge is 2.48. The lowest BCUT2D eigenvalue weighted by atomic mass is 9.69. The molecule has 0 aromatic rings. The van der Waals surface area contributed by atoms with Gasteiger partial charge in [0.05, 0.1) is 0 Å². The number of piperidine rings is 4. The average molecular weight is 390 g/mol. The Kier molecular flexibility index (Phi) is 6.29. The second-order valence-corrected chi connectivity index (χ2v) is 9.93. The molecular formula is C23H39N3O2. The first-order valence-corrected chi connectivity index (χ1v) is 11.8. The molecule has 0 aliphatic carbocycles. The molecule has 158 valence electrons. The lowest BCUT2D eigenvalue weighted by molar-refractivity contribution is -0.144. The SMILES string of the molecule is CC(=O)N1C[C@@H]2CCCN3CCC[C@@H]([C@H]23)[C@H]1CCCC(=O)N1CCC(C)CC1. The Morgan fingerprint density at radius 1 is 0.964 bits per heavy atom. The van der Waals surface area contributed by atoms with Crippen LogP contribution in [0.15, 0.2) is 0 Å². The van der Waals surface area contributed by atoms with Crippen LogP contribution in [0, 0.1) is 17.8 Å². The van der Waals surface area contributed by atoms with Crippen molar-refractivity contribution in [1.29, 1.82) is 0 Å². The summed E-state index contributed by atoms with van der Waals surface area (Å²) in [7, 11) is 0. The molecule has 0 N–H and O–H groups in total. The third kappa shape index (κ3) is 4.10. The lowest BCUT2D eigenvalue weighted by Gasteiger charge is -2.57. The highest BCUT2D eigenvalue weighted by atomic mass is 16.2. The van der Waals surface area contributed by atoms with E-state index in [-0.39, 0.29) is 5.91 Å². The van der Waals surface area contributed by atoms with Gasteiger partial charge in [0.2, 0.25) is 11.8 Å². The van der Waals surface area contributed by atoms with Crippen molar-refractivity contribution < 1.29 is 9.59 Å². The zero-order valence-corrected chi connectivity index (χ0v) is 17.9. The van der Waals surface area contributed by atoms with E-state index in [0.29, 0.717) is 36.2 Å². The summed E-state index contributed by atoms with van der Waals surface area (Å²) in [4.78, 5) is 32.1. The molecule has 4 fully saturated rings. The van der Waals surface area contributed by atoms with E-state index in [1.807, 2.05) is 0 Å². The Labute approximate surface area is 170 Å². The van der Waals surface area contributed by atoms with Gasteiger partial charge in [-0.05, 0) is 82.2 Å². The van der Waals surface area contributed by atoms with Gasteiger partial charge in [-0.25, -0.2) is 0 Å². The summed E-state index contributed by atoms with van der Waals surface area (Å²) in [6.45, 7) is 9.33. The molecule has 5 nitrogen and oxygen atoms in total. The molecule has 4 heterocycles. The summed E-state index contributed by atoms with van der Waals surface area (Å²) in [5, 5.41) is 0. The second-order valence-electron chi connectivity index (χ2n) is 9.93. The second kappa shape index (κ2) is 8.73. The Bertz CT molecular complexity index is 570. The van der Waals surface area contributed by atoms with E-state index in [0.717, 1.165) is 51.2 Å². The normalized spacial score (nSPS) is 34.2. The minimum atomic E-state index is 0.238. The van der Waals surface area contributed by atoms with Gasteiger partial charge in [-0.3, -0.25) is 14.5 Å². The quantitative estimate of drug-likeness (QED) is 0.742. The molecule has 0 unspecified atom stereocenters. The number of likely N-dealkylation sites (tertiary alicyclic amines) is 2. The number of hydrogen-bond acceptors (Lipinski definition) is 3. The number of carbonyl (C=O) groups excluding carboxylic acids is 2. The monoisotopic (exact) mass is 389 g/mol. The van der Waals surface area contributed by atoms with Crippen molar-refractivity contribution in [3.05, 3.63) is 0 Å². The molecule has 4 aliphatic rings. The van der Waals surface area contributed by atoms with Gasteiger partial charge in [0.15, 0.2) is 0 Å². The predicted molar refractivity (Wildman–Crippen MR) is 111 cm³/mol. The molecule has 0 bridgehead atoms. The van der Waals surface area contributed by atoms with Crippen LogP contribution in [0.4, 0.5) is 0 Å². The number of amides is 2. The molecule has 0 radical (unpaired) electrons. The number of hydrogen-bond donors (Lipinski definition) is 0. The summed E-state index contributed by atoms with van der Waals surface area (Å²) in [6, 6.07) is 1.02. The molecule has 4 aliphatic heterocycles. The van der Waals surface area contributed by atoms with E-state index in [1.165, 1.54) is 38.8 Å². The summed E-state index contributed by atoms with van der Waals surface area (Å²) < 4.78 is 0. The minimum Gasteiger partial charge on any atom is -0.343 e. The van der Waals surface area contributed by atoms with Crippen LogP contribution in [-0.4, -0.2) is 71.3 Å². The highest BCUT2D eigenvalue weighted by molar-refractivity contribution is 5.76. The predicted octanol–water partition coefficient (Wildman–Crippen LogP) is 3.14. The summed E-state index contributed by atoms with van der Waals surface area (Å²) in [6.07, 6.45) is 9.95. The summed E-state index contributed by atoms with van der Waals surface area (Å²) in [5.41, 5.74) is 0. The van der Waals surface area contributed by atoms with Crippen LogP contribution in [0.1, 0.15) is 71.6 Å². The van der Waals surface area contributed by atoms with Crippen molar-refractivity contribution in [3.8, 4) is 0 Å². The molecule has 2 amide bonds. The maximum absolute atomic E-state index is 12.6. The number of rotatable bonds is 4. The van der Waals surface area contributed by atoms with Crippen LogP contribution < -0.4 is 0 Å². The minimum absolute atomic E-state index is 0.238. The molecule has 0 aromatic heterocycles. The summed E-state index contributed by atoms with van der Waals surface area (Å²) in [5.74, 6) is 2.60. The van der Waals surface area contributed by atoms with E-state index in [4.69, 9.17) is 0 Å². The van der Waals surface area contributed by atoms with Gasteiger partial charge in [0.25, 0.3) is 0 Å². The highest BCUT2D eigenvalue weighted by Crippen LogP contribution is 2.43. The van der Waals surface area contributed by atoms with Crippen molar-refractivity contribution in [2.24, 2.45) is 17.8 Å². The van der Waals surface area contributed by atoms with Crippen molar-refractivity contribution in [2.45, 2.75) is 83.7 Å².